The van der Waals surface area contributed by atoms with Gasteiger partial charge >= 0.3 is 0 Å². The van der Waals surface area contributed by atoms with Gasteiger partial charge in [-0.3, -0.25) is 0 Å². The summed E-state index contributed by atoms with van der Waals surface area (Å²) < 4.78 is 11.3. The largest absolute Gasteiger partial charge is 0.494 e. The number of hydrogen-bond donors (Lipinski definition) is 0. The van der Waals surface area contributed by atoms with Crippen LogP contribution in [0.3, 0.4) is 0 Å². The number of rotatable bonds is 13. The minimum absolute atomic E-state index is 0.603. The Morgan fingerprint density at radius 3 is 1.44 bits per heavy atom. The summed E-state index contributed by atoms with van der Waals surface area (Å²) in [6.07, 6.45) is 5.76. The lowest BCUT2D eigenvalue weighted by atomic mass is 10.1. The highest BCUT2D eigenvalue weighted by Gasteiger charge is 2.14. The Balaban J connectivity index is 1.22. The molecule has 0 amide bonds. The molecule has 0 aliphatic heterocycles. The maximum atomic E-state index is 6.85. The molecule has 0 aliphatic carbocycles. The first-order chi connectivity index (χ1) is 24.5. The number of para-hydroxylation sites is 2. The van der Waals surface area contributed by atoms with Crippen LogP contribution in [0.5, 0.6) is 11.5 Å². The minimum Gasteiger partial charge on any atom is -0.494 e. The number of halogens is 2. The Hall–Kier alpha value is -5.49. The van der Waals surface area contributed by atoms with E-state index in [1.807, 2.05) is 146 Å². The van der Waals surface area contributed by atoms with Crippen LogP contribution in [0, 0.1) is 0 Å². The second-order valence-corrected chi connectivity index (χ2v) is 12.1. The van der Waals surface area contributed by atoms with E-state index in [4.69, 9.17) is 37.8 Å². The number of ether oxygens (including phenoxy) is 2. The second-order valence-electron chi connectivity index (χ2n) is 11.2. The predicted molar refractivity (Wildman–Crippen MR) is 211 cm³/mol. The molecule has 0 bridgehead atoms. The fourth-order valence-electron chi connectivity index (χ4n) is 5.44. The van der Waals surface area contributed by atoms with Gasteiger partial charge in [0, 0.05) is 27.1 Å². The monoisotopic (exact) mass is 697 g/mol. The van der Waals surface area contributed by atoms with E-state index >= 15 is 0 Å². The molecule has 0 saturated carbocycles. The molecule has 5 nitrogen and oxygen atoms in total. The van der Waals surface area contributed by atoms with E-state index in [1.54, 1.807) is 6.21 Å². The molecule has 0 radical (unpaired) electrons. The van der Waals surface area contributed by atoms with Crippen LogP contribution in [0.15, 0.2) is 151 Å². The van der Waals surface area contributed by atoms with Crippen molar-refractivity contribution in [1.29, 1.82) is 0 Å². The van der Waals surface area contributed by atoms with Crippen molar-refractivity contribution >= 4 is 70.0 Å². The van der Waals surface area contributed by atoms with E-state index in [-0.39, 0.29) is 0 Å². The third-order valence-corrected chi connectivity index (χ3v) is 8.50. The smallest absolute Gasteiger partial charge is 0.119 e. The summed E-state index contributed by atoms with van der Waals surface area (Å²) in [5.74, 6) is 1.61. The average molecular weight is 699 g/mol. The van der Waals surface area contributed by atoms with Crippen molar-refractivity contribution in [2.45, 2.75) is 13.8 Å². The van der Waals surface area contributed by atoms with E-state index in [0.29, 0.717) is 23.3 Å². The first kappa shape index (κ1) is 34.4. The zero-order valence-electron chi connectivity index (χ0n) is 27.9. The fourth-order valence-corrected chi connectivity index (χ4v) is 5.93. The van der Waals surface area contributed by atoms with Crippen LogP contribution in [-0.4, -0.2) is 19.4 Å². The molecule has 0 fully saturated rings. The SMILES string of the molecule is CCOc1ccc(N(/N=C/c2ccc(/C=C/c3ccc(N(c4ccccc4)c4ccccc4)cc3Cl)c(Cl)c2)c2ccc(OCC)cc2)cc1. The first-order valence-corrected chi connectivity index (χ1v) is 17.2. The van der Waals surface area contributed by atoms with Crippen molar-refractivity contribution in [2.75, 3.05) is 23.1 Å². The molecular formula is C43H37Cl2N3O2. The molecule has 250 valence electrons. The molecule has 6 rings (SSSR count). The molecule has 0 aromatic heterocycles. The molecule has 0 N–H and O–H groups in total. The summed E-state index contributed by atoms with van der Waals surface area (Å²) in [4.78, 5) is 2.18. The summed E-state index contributed by atoms with van der Waals surface area (Å²) in [5.41, 5.74) is 7.46. The molecule has 6 aromatic rings. The lowest BCUT2D eigenvalue weighted by Crippen LogP contribution is -2.09. The number of hydrazone groups is 1. The zero-order chi connectivity index (χ0) is 34.7. The molecular weight excluding hydrogens is 661 g/mol. The van der Waals surface area contributed by atoms with Crippen LogP contribution in [-0.2, 0) is 0 Å². The van der Waals surface area contributed by atoms with Gasteiger partial charge in [0.25, 0.3) is 0 Å². The predicted octanol–water partition coefficient (Wildman–Crippen LogP) is 12.6. The highest BCUT2D eigenvalue weighted by atomic mass is 35.5. The molecule has 0 saturated heterocycles. The second kappa shape index (κ2) is 16.8. The van der Waals surface area contributed by atoms with E-state index in [0.717, 1.165) is 56.6 Å². The van der Waals surface area contributed by atoms with Crippen molar-refractivity contribution in [3.05, 3.63) is 172 Å². The van der Waals surface area contributed by atoms with Crippen LogP contribution >= 0.6 is 23.2 Å². The van der Waals surface area contributed by atoms with Crippen molar-refractivity contribution in [1.82, 2.24) is 0 Å². The van der Waals surface area contributed by atoms with Crippen LogP contribution < -0.4 is 19.4 Å². The third kappa shape index (κ3) is 8.56. The maximum Gasteiger partial charge on any atom is 0.119 e. The van der Waals surface area contributed by atoms with Crippen molar-refractivity contribution < 1.29 is 9.47 Å². The maximum absolute atomic E-state index is 6.85. The normalized spacial score (nSPS) is 11.2. The van der Waals surface area contributed by atoms with Gasteiger partial charge in [0.2, 0.25) is 0 Å². The Bertz CT molecular complexity index is 1960. The molecule has 0 unspecified atom stereocenters. The van der Waals surface area contributed by atoms with Crippen molar-refractivity contribution in [3.63, 3.8) is 0 Å². The Labute approximate surface area is 304 Å². The van der Waals surface area contributed by atoms with E-state index < -0.39 is 0 Å². The molecule has 50 heavy (non-hydrogen) atoms. The van der Waals surface area contributed by atoms with Crippen molar-refractivity contribution in [2.24, 2.45) is 5.10 Å². The van der Waals surface area contributed by atoms with Gasteiger partial charge in [-0.15, -0.1) is 0 Å². The molecule has 0 spiro atoms. The Morgan fingerprint density at radius 1 is 0.520 bits per heavy atom. The molecule has 7 heteroatoms. The standard InChI is InChI=1S/C43H37Cl2N3O2/c1-3-49-40-25-21-37(22-26-40)48(38-23-27-41(28-24-38)50-4-2)46-31-32-15-16-33(42(44)29-32)17-18-34-19-20-39(30-43(34)45)47(35-11-7-5-8-12-35)36-13-9-6-10-14-36/h5-31H,3-4H2,1-2H3/b18-17+,46-31+. The van der Waals surface area contributed by atoms with Gasteiger partial charge in [0.15, 0.2) is 0 Å². The molecule has 0 aliphatic rings. The quantitative estimate of drug-likeness (QED) is 0.0684. The molecule has 0 heterocycles. The van der Waals surface area contributed by atoms with Crippen LogP contribution in [0.1, 0.15) is 30.5 Å². The van der Waals surface area contributed by atoms with Gasteiger partial charge in [-0.25, -0.2) is 5.01 Å². The van der Waals surface area contributed by atoms with Gasteiger partial charge in [-0.1, -0.05) is 90.0 Å². The lowest BCUT2D eigenvalue weighted by molar-refractivity contribution is 0.340. The van der Waals surface area contributed by atoms with E-state index in [9.17, 15) is 0 Å². The summed E-state index contributed by atoms with van der Waals surface area (Å²) >= 11 is 13.6. The van der Waals surface area contributed by atoms with Crippen LogP contribution in [0.4, 0.5) is 28.4 Å². The Morgan fingerprint density at radius 2 is 0.980 bits per heavy atom. The Kier molecular flexibility index (Phi) is 11.5. The number of nitrogens with zero attached hydrogens (tertiary/aromatic N) is 3. The van der Waals surface area contributed by atoms with Gasteiger partial charge in [-0.2, -0.15) is 5.10 Å². The summed E-state index contributed by atoms with van der Waals surface area (Å²) in [6.45, 7) is 5.15. The van der Waals surface area contributed by atoms with Gasteiger partial charge < -0.3 is 14.4 Å². The number of hydrogen-bond acceptors (Lipinski definition) is 5. The highest BCUT2D eigenvalue weighted by molar-refractivity contribution is 6.33. The van der Waals surface area contributed by atoms with E-state index in [1.165, 1.54) is 0 Å². The third-order valence-electron chi connectivity index (χ3n) is 7.84. The average Bonchev–Trinajstić information content (AvgIpc) is 3.14. The van der Waals surface area contributed by atoms with Gasteiger partial charge in [-0.05, 0) is 122 Å². The van der Waals surface area contributed by atoms with Gasteiger partial charge in [0.1, 0.15) is 11.5 Å². The summed E-state index contributed by atoms with van der Waals surface area (Å²) in [5, 5.41) is 7.97. The van der Waals surface area contributed by atoms with Crippen molar-refractivity contribution in [3.8, 4) is 11.5 Å². The lowest BCUT2D eigenvalue weighted by Gasteiger charge is -2.25. The minimum atomic E-state index is 0.603. The molecule has 6 aromatic carbocycles. The van der Waals surface area contributed by atoms with E-state index in [2.05, 4.69) is 35.2 Å². The fraction of sp³-hybridized carbons (Fsp3) is 0.0930. The summed E-state index contributed by atoms with van der Waals surface area (Å²) in [6, 6.07) is 48.2. The summed E-state index contributed by atoms with van der Waals surface area (Å²) in [7, 11) is 0. The topological polar surface area (TPSA) is 37.3 Å². The first-order valence-electron chi connectivity index (χ1n) is 16.5. The zero-order valence-corrected chi connectivity index (χ0v) is 29.4. The number of benzene rings is 6. The van der Waals surface area contributed by atoms with Crippen LogP contribution in [0.2, 0.25) is 10.0 Å². The number of anilines is 5. The molecule has 0 atom stereocenters. The highest BCUT2D eigenvalue weighted by Crippen LogP contribution is 2.37. The van der Waals surface area contributed by atoms with Crippen LogP contribution in [0.25, 0.3) is 12.2 Å². The van der Waals surface area contributed by atoms with Gasteiger partial charge in [0.05, 0.1) is 30.8 Å².